The lowest BCUT2D eigenvalue weighted by Crippen LogP contribution is -2.39. The van der Waals surface area contributed by atoms with Gasteiger partial charge in [-0.15, -0.1) is 10.2 Å². The molecule has 1 aliphatic heterocycles. The maximum atomic E-state index is 10.4. The largest absolute Gasteiger partial charge is 0.391 e. The van der Waals surface area contributed by atoms with Gasteiger partial charge in [0.05, 0.1) is 12.6 Å². The van der Waals surface area contributed by atoms with E-state index < -0.39 is 6.10 Å². The molecule has 1 saturated carbocycles. The van der Waals surface area contributed by atoms with Crippen molar-refractivity contribution in [2.24, 2.45) is 0 Å². The van der Waals surface area contributed by atoms with Gasteiger partial charge < -0.3 is 9.67 Å². The third-order valence-corrected chi connectivity index (χ3v) is 4.87. The molecule has 4 rings (SSSR count). The molecular weight excluding hydrogens is 312 g/mol. The number of hydrogen-bond donors (Lipinski definition) is 1. The van der Waals surface area contributed by atoms with Crippen molar-refractivity contribution in [3.8, 4) is 0 Å². The molecule has 6 heteroatoms. The summed E-state index contributed by atoms with van der Waals surface area (Å²) in [6.45, 7) is 3.29. The van der Waals surface area contributed by atoms with Crippen molar-refractivity contribution in [2.75, 3.05) is 13.1 Å². The van der Waals surface area contributed by atoms with Gasteiger partial charge in [0.15, 0.2) is 0 Å². The Kier molecular flexibility index (Phi) is 4.09. The molecule has 0 bridgehead atoms. The van der Waals surface area contributed by atoms with E-state index in [1.54, 1.807) is 0 Å². The van der Waals surface area contributed by atoms with Gasteiger partial charge in [0.25, 0.3) is 0 Å². The van der Waals surface area contributed by atoms with Crippen LogP contribution in [0.15, 0.2) is 24.3 Å². The molecule has 2 aromatic rings. The molecule has 0 radical (unpaired) electrons. The minimum atomic E-state index is -0.397. The number of aromatic nitrogens is 3. The SMILES string of the molecule is OC(Cc1cccc(Cl)c1)CN1CCn2c(nnc2C2CC2)C1. The van der Waals surface area contributed by atoms with Crippen molar-refractivity contribution < 1.29 is 5.11 Å². The number of fused-ring (bicyclic) bond motifs is 1. The first-order valence-corrected chi connectivity index (χ1v) is 8.63. The molecule has 2 heterocycles. The Labute approximate surface area is 140 Å². The first kappa shape index (κ1) is 15.1. The van der Waals surface area contributed by atoms with E-state index >= 15 is 0 Å². The highest BCUT2D eigenvalue weighted by Gasteiger charge is 2.32. The maximum Gasteiger partial charge on any atom is 0.147 e. The van der Waals surface area contributed by atoms with Crippen molar-refractivity contribution in [1.29, 1.82) is 0 Å². The molecule has 2 aliphatic rings. The molecule has 0 saturated heterocycles. The van der Waals surface area contributed by atoms with Gasteiger partial charge in [-0.3, -0.25) is 4.90 Å². The van der Waals surface area contributed by atoms with Crippen LogP contribution >= 0.6 is 11.6 Å². The zero-order valence-electron chi connectivity index (χ0n) is 13.0. The Morgan fingerprint density at radius 2 is 2.13 bits per heavy atom. The second-order valence-electron chi connectivity index (χ2n) is 6.62. The van der Waals surface area contributed by atoms with Crippen molar-refractivity contribution in [3.63, 3.8) is 0 Å². The van der Waals surface area contributed by atoms with E-state index in [-0.39, 0.29) is 0 Å². The van der Waals surface area contributed by atoms with Crippen LogP contribution in [0.2, 0.25) is 5.02 Å². The van der Waals surface area contributed by atoms with Gasteiger partial charge in [-0.1, -0.05) is 23.7 Å². The number of rotatable bonds is 5. The molecular formula is C17H21ClN4O. The summed E-state index contributed by atoms with van der Waals surface area (Å²) >= 11 is 6.00. The van der Waals surface area contributed by atoms with Crippen LogP contribution in [-0.2, 0) is 19.5 Å². The molecule has 1 atom stereocenters. The molecule has 1 aromatic heterocycles. The van der Waals surface area contributed by atoms with Gasteiger partial charge in [-0.25, -0.2) is 0 Å². The molecule has 0 spiro atoms. The van der Waals surface area contributed by atoms with E-state index in [1.807, 2.05) is 24.3 Å². The van der Waals surface area contributed by atoms with E-state index in [4.69, 9.17) is 11.6 Å². The van der Waals surface area contributed by atoms with Gasteiger partial charge in [0.2, 0.25) is 0 Å². The predicted molar refractivity (Wildman–Crippen MR) is 88.4 cm³/mol. The van der Waals surface area contributed by atoms with Crippen LogP contribution in [0.1, 0.15) is 36.0 Å². The lowest BCUT2D eigenvalue weighted by molar-refractivity contribution is 0.0958. The summed E-state index contributed by atoms with van der Waals surface area (Å²) in [6, 6.07) is 7.70. The minimum absolute atomic E-state index is 0.397. The fourth-order valence-corrected chi connectivity index (χ4v) is 3.54. The molecule has 5 nitrogen and oxygen atoms in total. The van der Waals surface area contributed by atoms with E-state index in [9.17, 15) is 5.11 Å². The average molecular weight is 333 g/mol. The lowest BCUT2D eigenvalue weighted by atomic mass is 10.1. The normalized spacial score (nSPS) is 19.6. The Morgan fingerprint density at radius 3 is 2.91 bits per heavy atom. The predicted octanol–water partition coefficient (Wildman–Crippen LogP) is 2.23. The van der Waals surface area contributed by atoms with Crippen molar-refractivity contribution in [3.05, 3.63) is 46.5 Å². The summed E-state index contributed by atoms with van der Waals surface area (Å²) in [4.78, 5) is 2.26. The van der Waals surface area contributed by atoms with Gasteiger partial charge in [0, 0.05) is 30.6 Å². The smallest absolute Gasteiger partial charge is 0.147 e. The van der Waals surface area contributed by atoms with Gasteiger partial charge >= 0.3 is 0 Å². The monoisotopic (exact) mass is 332 g/mol. The second kappa shape index (κ2) is 6.23. The van der Waals surface area contributed by atoms with Gasteiger partial charge in [0.1, 0.15) is 11.6 Å². The highest BCUT2D eigenvalue weighted by atomic mass is 35.5. The summed E-state index contributed by atoms with van der Waals surface area (Å²) in [7, 11) is 0. The van der Waals surface area contributed by atoms with Crippen LogP contribution in [0.4, 0.5) is 0 Å². The molecule has 1 fully saturated rings. The van der Waals surface area contributed by atoms with Crippen LogP contribution in [0.3, 0.4) is 0 Å². The zero-order valence-corrected chi connectivity index (χ0v) is 13.8. The van der Waals surface area contributed by atoms with Crippen LogP contribution < -0.4 is 0 Å². The molecule has 122 valence electrons. The number of aliphatic hydroxyl groups is 1. The van der Waals surface area contributed by atoms with E-state index in [0.717, 1.165) is 31.0 Å². The third kappa shape index (κ3) is 3.42. The quantitative estimate of drug-likeness (QED) is 0.912. The Morgan fingerprint density at radius 1 is 1.26 bits per heavy atom. The third-order valence-electron chi connectivity index (χ3n) is 4.63. The molecule has 1 aliphatic carbocycles. The first-order chi connectivity index (χ1) is 11.2. The summed E-state index contributed by atoms with van der Waals surface area (Å²) < 4.78 is 2.28. The number of aliphatic hydroxyl groups excluding tert-OH is 1. The zero-order chi connectivity index (χ0) is 15.8. The van der Waals surface area contributed by atoms with Crippen molar-refractivity contribution in [2.45, 2.75) is 44.4 Å². The van der Waals surface area contributed by atoms with Crippen molar-refractivity contribution >= 4 is 11.6 Å². The highest BCUT2D eigenvalue weighted by Crippen LogP contribution is 2.39. The Bertz CT molecular complexity index is 698. The molecule has 1 aromatic carbocycles. The summed E-state index contributed by atoms with van der Waals surface area (Å²) in [6.07, 6.45) is 2.73. The van der Waals surface area contributed by atoms with Gasteiger partial charge in [-0.05, 0) is 37.0 Å². The van der Waals surface area contributed by atoms with Crippen LogP contribution in [0.25, 0.3) is 0 Å². The van der Waals surface area contributed by atoms with Crippen LogP contribution in [0, 0.1) is 0 Å². The lowest BCUT2D eigenvalue weighted by Gasteiger charge is -2.29. The number of benzene rings is 1. The molecule has 1 unspecified atom stereocenters. The summed E-state index contributed by atoms with van der Waals surface area (Å²) in [5.74, 6) is 2.84. The van der Waals surface area contributed by atoms with Gasteiger partial charge in [-0.2, -0.15) is 0 Å². The Balaban J connectivity index is 1.36. The van der Waals surface area contributed by atoms with Crippen LogP contribution in [-0.4, -0.2) is 44.0 Å². The maximum absolute atomic E-state index is 10.4. The summed E-state index contributed by atoms with van der Waals surface area (Å²) in [5, 5.41) is 19.8. The number of β-amino-alcohol motifs (C(OH)–C–C–N with tert-alkyl or cyclic N) is 1. The van der Waals surface area contributed by atoms with Crippen LogP contribution in [0.5, 0.6) is 0 Å². The fourth-order valence-electron chi connectivity index (χ4n) is 3.33. The summed E-state index contributed by atoms with van der Waals surface area (Å²) in [5.41, 5.74) is 1.07. The molecule has 23 heavy (non-hydrogen) atoms. The number of halogens is 1. The number of nitrogens with zero attached hydrogens (tertiary/aromatic N) is 4. The topological polar surface area (TPSA) is 54.2 Å². The first-order valence-electron chi connectivity index (χ1n) is 8.26. The van der Waals surface area contributed by atoms with Crippen molar-refractivity contribution in [1.82, 2.24) is 19.7 Å². The minimum Gasteiger partial charge on any atom is -0.391 e. The van der Waals surface area contributed by atoms with E-state index in [2.05, 4.69) is 19.7 Å². The highest BCUT2D eigenvalue weighted by molar-refractivity contribution is 6.30. The Hall–Kier alpha value is -1.43. The molecule has 1 N–H and O–H groups in total. The second-order valence-corrected chi connectivity index (χ2v) is 7.06. The van der Waals surface area contributed by atoms with E-state index in [0.29, 0.717) is 23.9 Å². The molecule has 0 amide bonds. The standard InChI is InChI=1S/C17H21ClN4O/c18-14-3-1-2-12(8-14)9-15(23)10-21-6-7-22-16(11-21)19-20-17(22)13-4-5-13/h1-3,8,13,15,23H,4-7,9-11H2. The fraction of sp³-hybridized carbons (Fsp3) is 0.529. The number of hydrogen-bond acceptors (Lipinski definition) is 4. The average Bonchev–Trinajstić information content (AvgIpc) is 3.27. The van der Waals surface area contributed by atoms with E-state index in [1.165, 1.54) is 18.7 Å².